The summed E-state index contributed by atoms with van der Waals surface area (Å²) in [5.74, 6) is -6.05. The number of urea groups is 1. The third kappa shape index (κ3) is 9.33. The van der Waals surface area contributed by atoms with E-state index in [9.17, 15) is 43.5 Å². The number of thioether (sulfide) groups is 2. The zero-order chi connectivity index (χ0) is 41.6. The van der Waals surface area contributed by atoms with Gasteiger partial charge in [0.2, 0.25) is 17.0 Å². The number of quaternary nitrogens is 1. The van der Waals surface area contributed by atoms with Crippen molar-refractivity contribution in [2.24, 2.45) is 5.73 Å². The van der Waals surface area contributed by atoms with Crippen LogP contribution in [0.25, 0.3) is 0 Å². The van der Waals surface area contributed by atoms with Crippen LogP contribution in [0, 0.1) is 0 Å². The number of nitrogens with one attached hydrogen (secondary N) is 3. The summed E-state index contributed by atoms with van der Waals surface area (Å²) in [6.45, 7) is 1.11. The number of tetrazole rings is 1. The number of rotatable bonds is 16. The van der Waals surface area contributed by atoms with Crippen molar-refractivity contribution in [2.45, 2.75) is 41.8 Å². The molecule has 1 aromatic carbocycles. The molecule has 5 rings (SSSR count). The average Bonchev–Trinajstić information content (AvgIpc) is 3.62. The minimum Gasteiger partial charge on any atom is -0.480 e. The van der Waals surface area contributed by atoms with Crippen LogP contribution in [0.2, 0.25) is 0 Å². The number of piperazine rings is 1. The number of ether oxygens (including phenoxy) is 1. The van der Waals surface area contributed by atoms with Gasteiger partial charge >= 0.3 is 35.9 Å². The average molecular weight is 834 g/mol. The lowest BCUT2D eigenvalue weighted by Gasteiger charge is -2.46. The molecule has 3 aliphatic rings. The van der Waals surface area contributed by atoms with Crippen LogP contribution in [-0.2, 0) is 40.0 Å². The van der Waals surface area contributed by atoms with Gasteiger partial charge in [0, 0.05) is 23.9 Å². The van der Waals surface area contributed by atoms with E-state index in [0.29, 0.717) is 23.1 Å². The molecule has 4 atom stereocenters. The molecule has 7 amide bonds. The minimum absolute atomic E-state index is 0.00861. The highest BCUT2D eigenvalue weighted by Crippen LogP contribution is 2.44. The standard InChI is InChI=1S/C32H40N12O11S2/c1-4-44(20-8-6-5-7-19(20)35-32(54)55-15-18(33)28(49)50)12-11-41(26(47)27(44)48)30(53)34-14-21(45)36-25-17(24(29(51)52)43-22(46)13-23(43)57-25)16-56-31-37-38-39-42(31)10-9-40(2)3/h5-8,18,23,25H,4,9-16,33H2,1-3H3,(H4-,34,35,36,45,49,50,51,52,53,54)/p+1/t18?,23-,25+,44?/m0/s1. The fourth-order valence-corrected chi connectivity index (χ4v) is 8.64. The Labute approximate surface area is 332 Å². The summed E-state index contributed by atoms with van der Waals surface area (Å²) in [6, 6.07) is 3.61. The van der Waals surface area contributed by atoms with Crippen LogP contribution in [-0.4, -0.2) is 169 Å². The molecule has 7 N–H and O–H groups in total. The highest BCUT2D eigenvalue weighted by atomic mass is 32.2. The first-order valence-corrected chi connectivity index (χ1v) is 19.3. The molecule has 0 radical (unpaired) electrons. The Morgan fingerprint density at radius 3 is 2.56 bits per heavy atom. The molecule has 0 spiro atoms. The Bertz CT molecular complexity index is 1990. The van der Waals surface area contributed by atoms with Gasteiger partial charge in [0.15, 0.2) is 5.69 Å². The number of carboxylic acid groups (broad SMARTS) is 2. The van der Waals surface area contributed by atoms with E-state index in [2.05, 4.69) is 31.5 Å². The number of hydrogen-bond donors (Lipinski definition) is 6. The summed E-state index contributed by atoms with van der Waals surface area (Å²) in [6.07, 6.45) is -0.991. The number of nitrogens with two attached hydrogens (primary N) is 1. The molecule has 3 aliphatic heterocycles. The predicted octanol–water partition coefficient (Wildman–Crippen LogP) is -1.52. The predicted molar refractivity (Wildman–Crippen MR) is 201 cm³/mol. The first kappa shape index (κ1) is 42.5. The largest absolute Gasteiger partial charge is 0.480 e. The Morgan fingerprint density at radius 2 is 1.89 bits per heavy atom. The number of aromatic nitrogens is 4. The van der Waals surface area contributed by atoms with Crippen molar-refractivity contribution in [3.63, 3.8) is 0 Å². The maximum atomic E-state index is 13.8. The van der Waals surface area contributed by atoms with Crippen molar-refractivity contribution in [3.05, 3.63) is 35.5 Å². The molecule has 2 aromatic rings. The van der Waals surface area contributed by atoms with Gasteiger partial charge in [0.1, 0.15) is 36.0 Å². The van der Waals surface area contributed by atoms with Crippen molar-refractivity contribution >= 4 is 82.6 Å². The summed E-state index contributed by atoms with van der Waals surface area (Å²) in [5.41, 5.74) is 5.64. The number of imide groups is 1. The number of likely N-dealkylation sites (N-methyl/N-ethyl adjacent to an activating group) is 2. The van der Waals surface area contributed by atoms with E-state index in [1.165, 1.54) is 17.0 Å². The molecule has 2 fully saturated rings. The lowest BCUT2D eigenvalue weighted by atomic mass is 10.1. The van der Waals surface area contributed by atoms with Crippen LogP contribution in [0.5, 0.6) is 0 Å². The number of anilines is 1. The zero-order valence-electron chi connectivity index (χ0n) is 30.9. The molecule has 25 heteroatoms. The van der Waals surface area contributed by atoms with E-state index < -0.39 is 76.2 Å². The van der Waals surface area contributed by atoms with Gasteiger partial charge in [-0.1, -0.05) is 23.9 Å². The lowest BCUT2D eigenvalue weighted by molar-refractivity contribution is -0.152. The molecule has 0 saturated carbocycles. The van der Waals surface area contributed by atoms with Gasteiger partial charge in [-0.2, -0.15) is 0 Å². The van der Waals surface area contributed by atoms with Crippen LogP contribution in [0.15, 0.2) is 40.7 Å². The molecule has 23 nitrogen and oxygen atoms in total. The van der Waals surface area contributed by atoms with E-state index in [1.54, 1.807) is 23.7 Å². The van der Waals surface area contributed by atoms with Gasteiger partial charge in [-0.25, -0.2) is 33.2 Å². The van der Waals surface area contributed by atoms with Crippen LogP contribution in [0.4, 0.5) is 21.0 Å². The van der Waals surface area contributed by atoms with Gasteiger partial charge in [0.25, 0.3) is 0 Å². The van der Waals surface area contributed by atoms with Gasteiger partial charge in [-0.05, 0) is 37.5 Å². The van der Waals surface area contributed by atoms with Gasteiger partial charge in [0.05, 0.1) is 38.0 Å². The first-order valence-electron chi connectivity index (χ1n) is 17.4. The second-order valence-corrected chi connectivity index (χ2v) is 15.3. The minimum atomic E-state index is -1.46. The first-order chi connectivity index (χ1) is 27.1. The van der Waals surface area contributed by atoms with Crippen molar-refractivity contribution < 1.29 is 53.3 Å². The summed E-state index contributed by atoms with van der Waals surface area (Å²) >= 11 is 2.28. The maximum Gasteiger partial charge on any atom is 0.411 e. The van der Waals surface area contributed by atoms with Crippen LogP contribution in [0.1, 0.15) is 13.3 Å². The van der Waals surface area contributed by atoms with E-state index in [4.69, 9.17) is 15.6 Å². The highest BCUT2D eigenvalue weighted by Gasteiger charge is 2.52. The van der Waals surface area contributed by atoms with Gasteiger partial charge < -0.3 is 36.2 Å². The molecule has 57 heavy (non-hydrogen) atoms. The molecule has 0 bridgehead atoms. The summed E-state index contributed by atoms with van der Waals surface area (Å²) in [5, 5.41) is 37.2. The van der Waals surface area contributed by atoms with E-state index >= 15 is 0 Å². The number of para-hydroxylation sites is 2. The Morgan fingerprint density at radius 1 is 1.16 bits per heavy atom. The number of fused-ring (bicyclic) bond motifs is 1. The van der Waals surface area contributed by atoms with Crippen LogP contribution in [0.3, 0.4) is 0 Å². The molecular formula is C32H41N12O11S2+. The molecular weight excluding hydrogens is 793 g/mol. The van der Waals surface area contributed by atoms with Gasteiger partial charge in [-0.15, -0.1) is 16.9 Å². The van der Waals surface area contributed by atoms with Gasteiger partial charge in [-0.3, -0.25) is 29.4 Å². The van der Waals surface area contributed by atoms with Crippen molar-refractivity contribution in [3.8, 4) is 0 Å². The van der Waals surface area contributed by atoms with Crippen LogP contribution < -0.4 is 26.2 Å². The number of aliphatic carboxylic acids is 2. The lowest BCUT2D eigenvalue weighted by Crippen LogP contribution is -2.69. The summed E-state index contributed by atoms with van der Waals surface area (Å²) < 4.78 is 5.85. The Balaban J connectivity index is 1.24. The normalized spacial score (nSPS) is 21.1. The maximum absolute atomic E-state index is 13.8. The molecule has 0 aliphatic carbocycles. The number of carbonyl (C=O) groups is 8. The monoisotopic (exact) mass is 833 g/mol. The fraction of sp³-hybridized carbons (Fsp3) is 0.469. The van der Waals surface area contributed by atoms with Crippen molar-refractivity contribution in [1.29, 1.82) is 0 Å². The summed E-state index contributed by atoms with van der Waals surface area (Å²) in [4.78, 5) is 106. The molecule has 306 valence electrons. The van der Waals surface area contributed by atoms with Crippen molar-refractivity contribution in [1.82, 2.24) is 50.0 Å². The Kier molecular flexibility index (Phi) is 13.5. The number of benzene rings is 1. The van der Waals surface area contributed by atoms with Crippen molar-refractivity contribution in [2.75, 3.05) is 64.5 Å². The number of carbonyl (C=O) groups excluding carboxylic acids is 6. The summed E-state index contributed by atoms with van der Waals surface area (Å²) in [7, 11) is 3.76. The topological polar surface area (TPSA) is 302 Å². The highest BCUT2D eigenvalue weighted by molar-refractivity contribution is 8.01. The number of carboxylic acids is 2. The van der Waals surface area contributed by atoms with E-state index in [0.717, 1.165) is 23.5 Å². The van der Waals surface area contributed by atoms with E-state index in [-0.39, 0.29) is 60.4 Å². The number of hydrogen-bond acceptors (Lipinski definition) is 16. The molecule has 4 heterocycles. The van der Waals surface area contributed by atoms with E-state index in [1.807, 2.05) is 19.0 Å². The number of β-lactam (4-membered cyclic amide) rings is 1. The molecule has 2 saturated heterocycles. The Hall–Kier alpha value is -5.63. The zero-order valence-corrected chi connectivity index (χ0v) is 32.6. The molecule has 2 unspecified atom stereocenters. The second kappa shape index (κ2) is 18.1. The number of amides is 7. The molecule has 1 aromatic heterocycles. The fourth-order valence-electron chi connectivity index (χ4n) is 6.12. The van der Waals surface area contributed by atoms with Crippen LogP contribution >= 0.6 is 23.5 Å². The quantitative estimate of drug-likeness (QED) is 0.0484. The smallest absolute Gasteiger partial charge is 0.411 e. The third-order valence-electron chi connectivity index (χ3n) is 9.19. The third-order valence-corrected chi connectivity index (χ3v) is 11.6. The number of nitrogens with zero attached hydrogens (tertiary/aromatic N) is 8. The SMILES string of the molecule is CC[N+]1(c2ccccc2NC(=O)OCC(N)C(=O)O)CCN(C(=O)NCC(=O)N[C@@H]2S[C@H]3CC(=O)N3C(C(=O)O)=C2CSc2nnnn2CCN(C)C)C(=O)C1=O. The second-order valence-electron chi connectivity index (χ2n) is 13.1.